The number of nitrogen functional groups attached to an aromatic ring is 1. The van der Waals surface area contributed by atoms with Gasteiger partial charge < -0.3 is 15.8 Å². The molecule has 3 heteroatoms. The van der Waals surface area contributed by atoms with E-state index in [1.54, 1.807) is 0 Å². The van der Waals surface area contributed by atoms with E-state index in [0.29, 0.717) is 6.61 Å². The molecule has 0 unspecified atom stereocenters. The zero-order valence-corrected chi connectivity index (χ0v) is 12.1. The molecule has 3 N–H and O–H groups in total. The third kappa shape index (κ3) is 4.28. The molecule has 0 aliphatic carbocycles. The Labute approximate surface area is 120 Å². The number of benzene rings is 2. The minimum atomic E-state index is 0.648. The summed E-state index contributed by atoms with van der Waals surface area (Å²) in [4.78, 5) is 0. The molecular weight excluding hydrogens is 248 g/mol. The maximum atomic E-state index is 5.89. The van der Waals surface area contributed by atoms with Crippen molar-refractivity contribution < 1.29 is 4.74 Å². The van der Waals surface area contributed by atoms with Gasteiger partial charge in [0.2, 0.25) is 0 Å². The number of nitrogens with two attached hydrogens (primary N) is 1. The second-order valence-corrected chi connectivity index (χ2v) is 5.05. The summed E-state index contributed by atoms with van der Waals surface area (Å²) in [6.07, 6.45) is 0. The van der Waals surface area contributed by atoms with E-state index in [4.69, 9.17) is 10.5 Å². The highest BCUT2D eigenvalue weighted by molar-refractivity contribution is 5.46. The van der Waals surface area contributed by atoms with Crippen molar-refractivity contribution in [3.8, 4) is 5.75 Å². The number of ether oxygens (including phenoxy) is 1. The second-order valence-electron chi connectivity index (χ2n) is 5.05. The summed E-state index contributed by atoms with van der Waals surface area (Å²) >= 11 is 0. The van der Waals surface area contributed by atoms with E-state index in [2.05, 4.69) is 37.4 Å². The van der Waals surface area contributed by atoms with Crippen LogP contribution in [0.4, 0.5) is 5.69 Å². The molecule has 0 aromatic heterocycles. The van der Waals surface area contributed by atoms with Gasteiger partial charge in [0.15, 0.2) is 0 Å². The highest BCUT2D eigenvalue weighted by atomic mass is 16.5. The van der Waals surface area contributed by atoms with Crippen LogP contribution in [-0.2, 0) is 6.54 Å². The lowest BCUT2D eigenvalue weighted by molar-refractivity contribution is 0.313. The maximum Gasteiger partial charge on any atom is 0.119 e. The van der Waals surface area contributed by atoms with Gasteiger partial charge in [0.25, 0.3) is 0 Å². The average molecular weight is 270 g/mol. The average Bonchev–Trinajstić information content (AvgIpc) is 2.39. The van der Waals surface area contributed by atoms with Gasteiger partial charge in [0.05, 0.1) is 0 Å². The van der Waals surface area contributed by atoms with Crippen molar-refractivity contribution in [3.63, 3.8) is 0 Å². The van der Waals surface area contributed by atoms with Crippen LogP contribution < -0.4 is 15.8 Å². The molecule has 0 spiro atoms. The Balaban J connectivity index is 1.73. The van der Waals surface area contributed by atoms with Crippen molar-refractivity contribution in [1.82, 2.24) is 5.32 Å². The summed E-state index contributed by atoms with van der Waals surface area (Å²) in [6, 6.07) is 14.2. The first kappa shape index (κ1) is 14.4. The first-order valence-corrected chi connectivity index (χ1v) is 6.90. The van der Waals surface area contributed by atoms with Crippen LogP contribution in [0.5, 0.6) is 5.75 Å². The van der Waals surface area contributed by atoms with E-state index in [0.717, 1.165) is 30.1 Å². The van der Waals surface area contributed by atoms with Gasteiger partial charge in [-0.2, -0.15) is 0 Å². The lowest BCUT2D eigenvalue weighted by atomic mass is 10.1. The molecule has 0 heterocycles. The fourth-order valence-electron chi connectivity index (χ4n) is 2.18. The van der Waals surface area contributed by atoms with Crippen molar-refractivity contribution in [2.75, 3.05) is 18.9 Å². The second kappa shape index (κ2) is 6.96. The number of rotatable bonds is 6. The van der Waals surface area contributed by atoms with E-state index in [1.807, 2.05) is 24.3 Å². The van der Waals surface area contributed by atoms with Crippen LogP contribution >= 0.6 is 0 Å². The molecule has 20 heavy (non-hydrogen) atoms. The number of aryl methyl sites for hydroxylation is 2. The van der Waals surface area contributed by atoms with Gasteiger partial charge in [-0.25, -0.2) is 0 Å². The van der Waals surface area contributed by atoms with Crippen LogP contribution in [0.1, 0.15) is 16.7 Å². The Hall–Kier alpha value is -2.00. The van der Waals surface area contributed by atoms with E-state index in [-0.39, 0.29) is 0 Å². The zero-order valence-electron chi connectivity index (χ0n) is 12.1. The molecule has 2 aromatic carbocycles. The number of nitrogens with one attached hydrogen (secondary N) is 1. The highest BCUT2D eigenvalue weighted by Crippen LogP contribution is 2.15. The molecule has 0 bridgehead atoms. The molecule has 3 nitrogen and oxygen atoms in total. The Kier molecular flexibility index (Phi) is 5.02. The maximum absolute atomic E-state index is 5.89. The first-order chi connectivity index (χ1) is 9.65. The fraction of sp³-hybridized carbons (Fsp3) is 0.294. The third-order valence-corrected chi connectivity index (χ3v) is 3.11. The van der Waals surface area contributed by atoms with Crippen molar-refractivity contribution >= 4 is 5.69 Å². The number of anilines is 1. The van der Waals surface area contributed by atoms with E-state index in [9.17, 15) is 0 Å². The molecule has 0 amide bonds. The van der Waals surface area contributed by atoms with Gasteiger partial charge in [0.1, 0.15) is 12.4 Å². The number of para-hydroxylation sites is 1. The zero-order chi connectivity index (χ0) is 14.4. The summed E-state index contributed by atoms with van der Waals surface area (Å²) in [5.41, 5.74) is 10.3. The predicted molar refractivity (Wildman–Crippen MR) is 84.0 cm³/mol. The Morgan fingerprint density at radius 1 is 1.05 bits per heavy atom. The molecule has 0 aliphatic rings. The first-order valence-electron chi connectivity index (χ1n) is 6.90. The smallest absolute Gasteiger partial charge is 0.119 e. The monoisotopic (exact) mass is 270 g/mol. The van der Waals surface area contributed by atoms with Crippen LogP contribution in [0.25, 0.3) is 0 Å². The van der Waals surface area contributed by atoms with E-state index < -0.39 is 0 Å². The summed E-state index contributed by atoms with van der Waals surface area (Å²) in [7, 11) is 0. The van der Waals surface area contributed by atoms with Crippen LogP contribution in [0.2, 0.25) is 0 Å². The van der Waals surface area contributed by atoms with Crippen molar-refractivity contribution in [3.05, 3.63) is 59.2 Å². The van der Waals surface area contributed by atoms with Gasteiger partial charge in [-0.1, -0.05) is 24.3 Å². The fourth-order valence-corrected chi connectivity index (χ4v) is 2.18. The lowest BCUT2D eigenvalue weighted by Crippen LogP contribution is -2.21. The summed E-state index contributed by atoms with van der Waals surface area (Å²) in [5.74, 6) is 0.934. The standard InChI is InChI=1S/C17H22N2O/c1-13-9-14(2)11-16(10-13)20-8-7-19-12-15-5-3-4-6-17(15)18/h3-6,9-11,19H,7-8,12,18H2,1-2H3. The Bertz CT molecular complexity index is 546. The topological polar surface area (TPSA) is 47.3 Å². The van der Waals surface area contributed by atoms with Crippen LogP contribution in [0.3, 0.4) is 0 Å². The predicted octanol–water partition coefficient (Wildman–Crippen LogP) is 3.05. The third-order valence-electron chi connectivity index (χ3n) is 3.11. The van der Waals surface area contributed by atoms with Gasteiger partial charge in [-0.3, -0.25) is 0 Å². The number of hydrogen-bond donors (Lipinski definition) is 2. The van der Waals surface area contributed by atoms with Crippen LogP contribution in [0, 0.1) is 13.8 Å². The SMILES string of the molecule is Cc1cc(C)cc(OCCNCc2ccccc2N)c1. The van der Waals surface area contributed by atoms with Gasteiger partial charge in [-0.05, 0) is 48.7 Å². The largest absolute Gasteiger partial charge is 0.492 e. The minimum Gasteiger partial charge on any atom is -0.492 e. The molecule has 0 aliphatic heterocycles. The van der Waals surface area contributed by atoms with Gasteiger partial charge >= 0.3 is 0 Å². The molecule has 2 rings (SSSR count). The van der Waals surface area contributed by atoms with E-state index >= 15 is 0 Å². The van der Waals surface area contributed by atoms with Crippen LogP contribution in [-0.4, -0.2) is 13.2 Å². The summed E-state index contributed by atoms with van der Waals surface area (Å²) < 4.78 is 5.74. The molecule has 106 valence electrons. The minimum absolute atomic E-state index is 0.648. The highest BCUT2D eigenvalue weighted by Gasteiger charge is 1.98. The summed E-state index contributed by atoms with van der Waals surface area (Å²) in [6.45, 7) is 6.37. The van der Waals surface area contributed by atoms with Crippen molar-refractivity contribution in [2.45, 2.75) is 20.4 Å². The molecule has 0 fully saturated rings. The lowest BCUT2D eigenvalue weighted by Gasteiger charge is -2.10. The quantitative estimate of drug-likeness (QED) is 0.626. The van der Waals surface area contributed by atoms with Crippen molar-refractivity contribution in [2.24, 2.45) is 0 Å². The molecule has 0 atom stereocenters. The van der Waals surface area contributed by atoms with Gasteiger partial charge in [-0.15, -0.1) is 0 Å². The number of hydrogen-bond acceptors (Lipinski definition) is 3. The summed E-state index contributed by atoms with van der Waals surface area (Å²) in [5, 5.41) is 3.34. The molecule has 0 saturated carbocycles. The normalized spacial score (nSPS) is 10.5. The Morgan fingerprint density at radius 3 is 2.45 bits per heavy atom. The molecule has 0 saturated heterocycles. The molecular formula is C17H22N2O. The Morgan fingerprint density at radius 2 is 1.75 bits per heavy atom. The molecule has 0 radical (unpaired) electrons. The van der Waals surface area contributed by atoms with E-state index in [1.165, 1.54) is 11.1 Å². The molecule has 2 aromatic rings. The van der Waals surface area contributed by atoms with Gasteiger partial charge in [0, 0.05) is 18.8 Å². The van der Waals surface area contributed by atoms with Crippen LogP contribution in [0.15, 0.2) is 42.5 Å². The van der Waals surface area contributed by atoms with Crippen molar-refractivity contribution in [1.29, 1.82) is 0 Å².